The molecule has 2 rings (SSSR count). The van der Waals surface area contributed by atoms with E-state index < -0.39 is 10.1 Å². The topological polar surface area (TPSA) is 171 Å². The molecular weight excluding hydrogens is 690 g/mol. The van der Waals surface area contributed by atoms with Crippen molar-refractivity contribution in [2.75, 3.05) is 151 Å². The summed E-state index contributed by atoms with van der Waals surface area (Å²) in [6, 6.07) is 13.8. The molecule has 292 valence electrons. The van der Waals surface area contributed by atoms with Crippen LogP contribution in [0.15, 0.2) is 53.4 Å². The number of nitrogen functional groups attached to an aromatic ring is 1. The third-order valence-electron chi connectivity index (χ3n) is 6.53. The van der Waals surface area contributed by atoms with Crippen LogP contribution in [-0.2, 0) is 61.7 Å². The summed E-state index contributed by atoms with van der Waals surface area (Å²) in [5, 5.41) is 0. The van der Waals surface area contributed by atoms with Gasteiger partial charge in [-0.15, -0.1) is 0 Å². The van der Waals surface area contributed by atoms with E-state index in [2.05, 4.69) is 0 Å². The fourth-order valence-corrected chi connectivity index (χ4v) is 4.77. The fraction of sp³-hybridized carbons (Fsp3) is 0.657. The predicted octanol–water partition coefficient (Wildman–Crippen LogP) is 2.53. The maximum absolute atomic E-state index is 12.1. The summed E-state index contributed by atoms with van der Waals surface area (Å²) in [5.41, 5.74) is 7.40. The maximum Gasteiger partial charge on any atom is 0.297 e. The van der Waals surface area contributed by atoms with Crippen LogP contribution in [0, 0.1) is 6.92 Å². The van der Waals surface area contributed by atoms with Crippen LogP contribution in [-0.4, -0.2) is 154 Å². The molecule has 0 saturated carbocycles. The van der Waals surface area contributed by atoms with Crippen molar-refractivity contribution < 1.29 is 64.7 Å². The number of rotatable bonds is 36. The molecule has 0 amide bonds. The second-order valence-corrected chi connectivity index (χ2v) is 12.2. The summed E-state index contributed by atoms with van der Waals surface area (Å²) in [4.78, 5) is 0.126. The number of benzene rings is 2. The second-order valence-electron chi connectivity index (χ2n) is 10.6. The number of ether oxygens (including phenoxy) is 11. The highest BCUT2D eigenvalue weighted by Crippen LogP contribution is 2.19. The van der Waals surface area contributed by atoms with Crippen molar-refractivity contribution in [3.05, 3.63) is 54.1 Å². The molecule has 0 bridgehead atoms. The first-order valence-corrected chi connectivity index (χ1v) is 18.6. The average Bonchev–Trinajstić information content (AvgIpc) is 3.12. The zero-order valence-electron chi connectivity index (χ0n) is 29.9. The van der Waals surface area contributed by atoms with Gasteiger partial charge in [0.05, 0.1) is 149 Å². The molecule has 0 aliphatic carbocycles. The third-order valence-corrected chi connectivity index (χ3v) is 7.85. The van der Waals surface area contributed by atoms with Gasteiger partial charge < -0.3 is 57.8 Å². The predicted molar refractivity (Wildman–Crippen MR) is 189 cm³/mol. The van der Waals surface area contributed by atoms with E-state index in [0.29, 0.717) is 144 Å². The lowest BCUT2D eigenvalue weighted by Crippen LogP contribution is -2.16. The molecule has 0 fully saturated rings. The van der Waals surface area contributed by atoms with Crippen LogP contribution in [0.2, 0.25) is 0 Å². The first-order valence-electron chi connectivity index (χ1n) is 17.2. The molecule has 2 aromatic rings. The Morgan fingerprint density at radius 3 is 1.10 bits per heavy atom. The zero-order valence-corrected chi connectivity index (χ0v) is 30.7. The molecule has 2 aromatic carbocycles. The molecule has 51 heavy (non-hydrogen) atoms. The van der Waals surface area contributed by atoms with Gasteiger partial charge in [0.1, 0.15) is 12.4 Å². The van der Waals surface area contributed by atoms with Crippen LogP contribution in [0.1, 0.15) is 5.56 Å². The van der Waals surface area contributed by atoms with Gasteiger partial charge >= 0.3 is 0 Å². The average molecular weight is 748 g/mol. The van der Waals surface area contributed by atoms with Gasteiger partial charge in [0.25, 0.3) is 10.1 Å². The van der Waals surface area contributed by atoms with Gasteiger partial charge in [-0.25, -0.2) is 0 Å². The molecule has 0 atom stereocenters. The lowest BCUT2D eigenvalue weighted by molar-refractivity contribution is -0.0269. The Balaban J connectivity index is 1.17. The van der Waals surface area contributed by atoms with E-state index in [-0.39, 0.29) is 18.1 Å². The Hall–Kier alpha value is -2.45. The summed E-state index contributed by atoms with van der Waals surface area (Å²) in [7, 11) is -3.78. The van der Waals surface area contributed by atoms with Crippen LogP contribution in [0.4, 0.5) is 5.69 Å². The number of hydrogen-bond acceptors (Lipinski definition) is 15. The molecule has 2 N–H and O–H groups in total. The summed E-state index contributed by atoms with van der Waals surface area (Å²) < 4.78 is 89.2. The Morgan fingerprint density at radius 2 is 0.745 bits per heavy atom. The summed E-state index contributed by atoms with van der Waals surface area (Å²) in [6.07, 6.45) is 0. The van der Waals surface area contributed by atoms with Gasteiger partial charge in [-0.1, -0.05) is 29.8 Å². The smallest absolute Gasteiger partial charge is 0.297 e. The number of nitrogens with two attached hydrogens (primary N) is 1. The van der Waals surface area contributed by atoms with Crippen LogP contribution >= 0.6 is 0 Å². The largest absolute Gasteiger partial charge is 0.489 e. The molecule has 0 radical (unpaired) electrons. The van der Waals surface area contributed by atoms with Crippen LogP contribution < -0.4 is 10.5 Å². The van der Waals surface area contributed by atoms with E-state index in [0.717, 1.165) is 5.56 Å². The third kappa shape index (κ3) is 25.2. The van der Waals surface area contributed by atoms with E-state index in [1.54, 1.807) is 18.2 Å². The van der Waals surface area contributed by atoms with E-state index >= 15 is 0 Å². The van der Waals surface area contributed by atoms with Crippen molar-refractivity contribution >= 4 is 15.8 Å². The highest BCUT2D eigenvalue weighted by Gasteiger charge is 2.14. The summed E-state index contributed by atoms with van der Waals surface area (Å²) in [6.45, 7) is 11.1. The Kier molecular flexibility index (Phi) is 27.3. The molecule has 0 heterocycles. The number of anilines is 1. The van der Waals surface area contributed by atoms with E-state index in [9.17, 15) is 8.42 Å². The van der Waals surface area contributed by atoms with Crippen LogP contribution in [0.25, 0.3) is 0 Å². The van der Waals surface area contributed by atoms with Gasteiger partial charge in [-0.3, -0.25) is 4.18 Å². The second kappa shape index (κ2) is 31.1. The lowest BCUT2D eigenvalue weighted by atomic mass is 10.2. The molecule has 0 saturated heterocycles. The molecule has 16 heteroatoms. The SMILES string of the molecule is Cc1ccc(S(=O)(=O)OCCOCCOCCOCCOCCOCCOCCOCCOCCOCCOCCOc2ccccc2N)cc1. The highest BCUT2D eigenvalue weighted by molar-refractivity contribution is 7.86. The lowest BCUT2D eigenvalue weighted by Gasteiger charge is -2.10. The molecular formula is C35H57NO14S. The zero-order chi connectivity index (χ0) is 36.5. The minimum Gasteiger partial charge on any atom is -0.489 e. The van der Waals surface area contributed by atoms with Gasteiger partial charge in [-0.05, 0) is 31.2 Å². The molecule has 0 aliphatic heterocycles. The van der Waals surface area contributed by atoms with Crippen molar-refractivity contribution in [2.45, 2.75) is 11.8 Å². The fourth-order valence-electron chi connectivity index (χ4n) is 3.88. The van der Waals surface area contributed by atoms with Crippen molar-refractivity contribution in [2.24, 2.45) is 0 Å². The van der Waals surface area contributed by atoms with Crippen molar-refractivity contribution in [1.29, 1.82) is 0 Å². The van der Waals surface area contributed by atoms with E-state index in [1.807, 2.05) is 25.1 Å². The Labute approximate surface area is 302 Å². The van der Waals surface area contributed by atoms with Gasteiger partial charge in [0, 0.05) is 0 Å². The standard InChI is InChI=1S/C35H57NO14S/c1-32-6-8-33(9-7-32)51(37,38)50-31-29-48-27-25-46-23-21-44-19-17-42-15-13-40-11-10-39-12-14-41-16-18-43-20-22-45-24-26-47-28-30-49-35-5-3-2-4-34(35)36/h2-9H,10-31,36H2,1H3. The normalized spacial score (nSPS) is 11.7. The quantitative estimate of drug-likeness (QED) is 0.0612. The Morgan fingerprint density at radius 1 is 0.431 bits per heavy atom. The number of para-hydroxylation sites is 2. The molecule has 0 aromatic heterocycles. The summed E-state index contributed by atoms with van der Waals surface area (Å²) >= 11 is 0. The minimum absolute atomic E-state index is 0.0621. The summed E-state index contributed by atoms with van der Waals surface area (Å²) in [5.74, 6) is 0.661. The number of aryl methyl sites for hydroxylation is 1. The van der Waals surface area contributed by atoms with Crippen molar-refractivity contribution in [1.82, 2.24) is 0 Å². The number of hydrogen-bond donors (Lipinski definition) is 1. The molecule has 0 unspecified atom stereocenters. The van der Waals surface area contributed by atoms with Crippen molar-refractivity contribution in [3.63, 3.8) is 0 Å². The van der Waals surface area contributed by atoms with Gasteiger partial charge in [0.2, 0.25) is 0 Å². The first-order chi connectivity index (χ1) is 25.0. The molecule has 0 aliphatic rings. The molecule has 15 nitrogen and oxygen atoms in total. The minimum atomic E-state index is -3.78. The van der Waals surface area contributed by atoms with Gasteiger partial charge in [0.15, 0.2) is 0 Å². The van der Waals surface area contributed by atoms with E-state index in [1.165, 1.54) is 12.1 Å². The maximum atomic E-state index is 12.1. The Bertz CT molecular complexity index is 1190. The van der Waals surface area contributed by atoms with Crippen molar-refractivity contribution in [3.8, 4) is 5.75 Å². The van der Waals surface area contributed by atoms with E-state index in [4.69, 9.17) is 62.0 Å². The van der Waals surface area contributed by atoms with Gasteiger partial charge in [-0.2, -0.15) is 8.42 Å². The van der Waals surface area contributed by atoms with Crippen LogP contribution in [0.3, 0.4) is 0 Å². The highest BCUT2D eigenvalue weighted by atomic mass is 32.2. The monoisotopic (exact) mass is 747 g/mol. The first kappa shape index (κ1) is 44.7. The molecule has 0 spiro atoms. The van der Waals surface area contributed by atoms with Crippen LogP contribution in [0.5, 0.6) is 5.75 Å².